The quantitative estimate of drug-likeness (QED) is 0.717. The monoisotopic (exact) mass is 324 g/mol. The minimum Gasteiger partial charge on any atom is -0.480 e. The molecule has 2 rings (SSSR count). The highest BCUT2D eigenvalue weighted by Crippen LogP contribution is 2.33. The van der Waals surface area contributed by atoms with Crippen molar-refractivity contribution < 1.29 is 19.5 Å². The second-order valence-electron chi connectivity index (χ2n) is 5.52. The van der Waals surface area contributed by atoms with Crippen LogP contribution < -0.4 is 10.6 Å². The number of anilines is 1. The maximum Gasteiger partial charge on any atom is 0.326 e. The fourth-order valence-electron chi connectivity index (χ4n) is 2.12. The highest BCUT2D eigenvalue weighted by molar-refractivity contribution is 7.16. The van der Waals surface area contributed by atoms with Gasteiger partial charge in [-0.15, -0.1) is 11.3 Å². The van der Waals surface area contributed by atoms with Crippen LogP contribution in [-0.2, 0) is 9.59 Å². The van der Waals surface area contributed by atoms with Crippen molar-refractivity contribution in [2.45, 2.75) is 45.6 Å². The van der Waals surface area contributed by atoms with Gasteiger partial charge in [-0.3, -0.25) is 9.59 Å². The number of aryl methyl sites for hydroxylation is 1. The maximum absolute atomic E-state index is 12.3. The minimum atomic E-state index is -1.05. The van der Waals surface area contributed by atoms with Gasteiger partial charge in [0.25, 0.3) is 5.91 Å². The van der Waals surface area contributed by atoms with Crippen molar-refractivity contribution >= 4 is 34.1 Å². The number of thiophene rings is 1. The molecule has 1 fully saturated rings. The SMILES string of the molecule is CCCC(NC(=O)c1cc(C)sc1NC(=O)C1CC1)C(=O)O. The second-order valence-corrected chi connectivity index (χ2v) is 6.77. The molecular formula is C15H20N2O4S. The Hall–Kier alpha value is -1.89. The molecule has 7 heteroatoms. The van der Waals surface area contributed by atoms with Crippen LogP contribution in [0.15, 0.2) is 6.07 Å². The summed E-state index contributed by atoms with van der Waals surface area (Å²) in [4.78, 5) is 36.2. The van der Waals surface area contributed by atoms with Crippen molar-refractivity contribution in [1.29, 1.82) is 0 Å². The van der Waals surface area contributed by atoms with E-state index in [1.165, 1.54) is 11.3 Å². The van der Waals surface area contributed by atoms with Gasteiger partial charge < -0.3 is 15.7 Å². The minimum absolute atomic E-state index is 0.0465. The Morgan fingerprint density at radius 2 is 2.09 bits per heavy atom. The molecule has 1 heterocycles. The van der Waals surface area contributed by atoms with E-state index < -0.39 is 17.9 Å². The highest BCUT2D eigenvalue weighted by atomic mass is 32.1. The van der Waals surface area contributed by atoms with E-state index in [1.54, 1.807) is 6.07 Å². The van der Waals surface area contributed by atoms with Gasteiger partial charge in [-0.25, -0.2) is 4.79 Å². The molecule has 0 saturated heterocycles. The lowest BCUT2D eigenvalue weighted by Gasteiger charge is -2.13. The maximum atomic E-state index is 12.3. The summed E-state index contributed by atoms with van der Waals surface area (Å²) in [6.07, 6.45) is 2.80. The number of amides is 2. The fourth-order valence-corrected chi connectivity index (χ4v) is 3.03. The summed E-state index contributed by atoms with van der Waals surface area (Å²) in [5.41, 5.74) is 0.332. The molecule has 22 heavy (non-hydrogen) atoms. The number of hydrogen-bond donors (Lipinski definition) is 3. The summed E-state index contributed by atoms with van der Waals surface area (Å²) in [6.45, 7) is 3.70. The number of carboxylic acids is 1. The molecule has 1 aromatic heterocycles. The molecule has 2 amide bonds. The van der Waals surface area contributed by atoms with E-state index in [0.29, 0.717) is 23.4 Å². The van der Waals surface area contributed by atoms with E-state index >= 15 is 0 Å². The van der Waals surface area contributed by atoms with Crippen molar-refractivity contribution in [1.82, 2.24) is 5.32 Å². The van der Waals surface area contributed by atoms with Gasteiger partial charge in [-0.05, 0) is 32.3 Å². The molecule has 1 saturated carbocycles. The van der Waals surface area contributed by atoms with E-state index in [9.17, 15) is 14.4 Å². The topological polar surface area (TPSA) is 95.5 Å². The van der Waals surface area contributed by atoms with Gasteiger partial charge >= 0.3 is 5.97 Å². The zero-order valence-electron chi connectivity index (χ0n) is 12.6. The summed E-state index contributed by atoms with van der Waals surface area (Å²) in [5, 5.41) is 14.9. The molecule has 3 N–H and O–H groups in total. The van der Waals surface area contributed by atoms with E-state index in [2.05, 4.69) is 10.6 Å². The predicted octanol–water partition coefficient (Wildman–Crippen LogP) is 2.39. The van der Waals surface area contributed by atoms with Crippen molar-refractivity contribution in [2.24, 2.45) is 5.92 Å². The molecule has 1 aromatic rings. The van der Waals surface area contributed by atoms with Crippen molar-refractivity contribution in [3.63, 3.8) is 0 Å². The van der Waals surface area contributed by atoms with Crippen molar-refractivity contribution in [2.75, 3.05) is 5.32 Å². The lowest BCUT2D eigenvalue weighted by atomic mass is 10.1. The molecule has 1 atom stereocenters. The summed E-state index contributed by atoms with van der Waals surface area (Å²) in [6, 6.07) is 0.762. The molecule has 1 aliphatic rings. The fraction of sp³-hybridized carbons (Fsp3) is 0.533. The van der Waals surface area contributed by atoms with Gasteiger partial charge in [0.05, 0.1) is 5.56 Å². The van der Waals surface area contributed by atoms with Gasteiger partial charge in [0.2, 0.25) is 5.91 Å². The van der Waals surface area contributed by atoms with Gasteiger partial charge in [0.15, 0.2) is 0 Å². The number of aliphatic carboxylic acids is 1. The molecule has 0 aliphatic heterocycles. The van der Waals surface area contributed by atoms with Crippen LogP contribution in [0.3, 0.4) is 0 Å². The molecule has 0 aromatic carbocycles. The van der Waals surface area contributed by atoms with Crippen LogP contribution >= 0.6 is 11.3 Å². The Kier molecular flexibility index (Phi) is 5.18. The summed E-state index contributed by atoms with van der Waals surface area (Å²) in [7, 11) is 0. The zero-order chi connectivity index (χ0) is 16.3. The number of nitrogens with one attached hydrogen (secondary N) is 2. The largest absolute Gasteiger partial charge is 0.480 e. The Balaban J connectivity index is 2.11. The number of carbonyl (C=O) groups excluding carboxylic acids is 2. The van der Waals surface area contributed by atoms with Gasteiger partial charge in [-0.2, -0.15) is 0 Å². The van der Waals surface area contributed by atoms with Crippen LogP contribution in [0.4, 0.5) is 5.00 Å². The average Bonchev–Trinajstić information content (AvgIpc) is 3.22. The molecule has 1 unspecified atom stereocenters. The molecular weight excluding hydrogens is 304 g/mol. The van der Waals surface area contributed by atoms with Crippen LogP contribution in [0.5, 0.6) is 0 Å². The molecule has 0 spiro atoms. The highest BCUT2D eigenvalue weighted by Gasteiger charge is 2.31. The second kappa shape index (κ2) is 6.91. The summed E-state index contributed by atoms with van der Waals surface area (Å²) >= 11 is 1.32. The van der Waals surface area contributed by atoms with E-state index in [4.69, 9.17) is 5.11 Å². The van der Waals surface area contributed by atoms with E-state index in [0.717, 1.165) is 17.7 Å². The Labute approximate surface area is 132 Å². The first kappa shape index (κ1) is 16.5. The lowest BCUT2D eigenvalue weighted by molar-refractivity contribution is -0.139. The van der Waals surface area contributed by atoms with Gasteiger partial charge in [0.1, 0.15) is 11.0 Å². The van der Waals surface area contributed by atoms with Crippen molar-refractivity contribution in [3.05, 3.63) is 16.5 Å². The molecule has 120 valence electrons. The molecule has 0 bridgehead atoms. The van der Waals surface area contributed by atoms with Crippen LogP contribution in [-0.4, -0.2) is 28.9 Å². The third-order valence-corrected chi connectivity index (χ3v) is 4.43. The van der Waals surface area contributed by atoms with Crippen LogP contribution in [0.25, 0.3) is 0 Å². The van der Waals surface area contributed by atoms with Crippen LogP contribution in [0.2, 0.25) is 0 Å². The predicted molar refractivity (Wildman–Crippen MR) is 84.2 cm³/mol. The third-order valence-electron chi connectivity index (χ3n) is 3.47. The van der Waals surface area contributed by atoms with Crippen molar-refractivity contribution in [3.8, 4) is 0 Å². The van der Waals surface area contributed by atoms with E-state index in [-0.39, 0.29) is 11.8 Å². The molecule has 6 nitrogen and oxygen atoms in total. The first-order chi connectivity index (χ1) is 10.4. The number of carboxylic acid groups (broad SMARTS) is 1. The Morgan fingerprint density at radius 1 is 1.41 bits per heavy atom. The first-order valence-corrected chi connectivity index (χ1v) is 8.19. The Morgan fingerprint density at radius 3 is 2.64 bits per heavy atom. The third kappa shape index (κ3) is 4.07. The number of carbonyl (C=O) groups is 3. The summed E-state index contributed by atoms with van der Waals surface area (Å²) in [5.74, 6) is -1.54. The zero-order valence-corrected chi connectivity index (χ0v) is 13.5. The van der Waals surface area contributed by atoms with Gasteiger partial charge in [-0.1, -0.05) is 13.3 Å². The average molecular weight is 324 g/mol. The normalized spacial score (nSPS) is 15.2. The molecule has 0 radical (unpaired) electrons. The first-order valence-electron chi connectivity index (χ1n) is 7.37. The number of hydrogen-bond acceptors (Lipinski definition) is 4. The standard InChI is InChI=1S/C15H20N2O4S/c1-3-4-11(15(20)21)16-13(19)10-7-8(2)22-14(10)17-12(18)9-5-6-9/h7,9,11H,3-6H2,1-2H3,(H,16,19)(H,17,18)(H,20,21). The molecule has 1 aliphatic carbocycles. The Bertz CT molecular complexity index is 592. The van der Waals surface area contributed by atoms with Crippen LogP contribution in [0.1, 0.15) is 47.8 Å². The van der Waals surface area contributed by atoms with Gasteiger partial charge in [0, 0.05) is 10.8 Å². The summed E-state index contributed by atoms with van der Waals surface area (Å²) < 4.78 is 0. The van der Waals surface area contributed by atoms with Crippen LogP contribution in [0, 0.1) is 12.8 Å². The van der Waals surface area contributed by atoms with E-state index in [1.807, 2.05) is 13.8 Å². The lowest BCUT2D eigenvalue weighted by Crippen LogP contribution is -2.40. The smallest absolute Gasteiger partial charge is 0.326 e. The number of rotatable bonds is 7.